The van der Waals surface area contributed by atoms with Crippen LogP contribution < -0.4 is 5.73 Å². The van der Waals surface area contributed by atoms with E-state index in [2.05, 4.69) is 0 Å². The van der Waals surface area contributed by atoms with Gasteiger partial charge in [-0.05, 0) is 25.0 Å². The summed E-state index contributed by atoms with van der Waals surface area (Å²) in [6.07, 6.45) is 4.27. The number of amides is 1. The van der Waals surface area contributed by atoms with Crippen molar-refractivity contribution in [3.8, 4) is 0 Å². The van der Waals surface area contributed by atoms with Crippen molar-refractivity contribution in [1.82, 2.24) is 4.90 Å². The fraction of sp³-hybridized carbons (Fsp3) is 0.909. The van der Waals surface area contributed by atoms with Crippen LogP contribution in [0.4, 0.5) is 0 Å². The van der Waals surface area contributed by atoms with Crippen LogP contribution in [0.2, 0.25) is 0 Å². The molecule has 2 aliphatic rings. The molecule has 3 nitrogen and oxygen atoms in total. The summed E-state index contributed by atoms with van der Waals surface area (Å²) in [5, 5.41) is 0. The van der Waals surface area contributed by atoms with Gasteiger partial charge < -0.3 is 10.6 Å². The van der Waals surface area contributed by atoms with Gasteiger partial charge in [0, 0.05) is 24.9 Å². The minimum absolute atomic E-state index is 0. The van der Waals surface area contributed by atoms with Crippen molar-refractivity contribution in [2.45, 2.75) is 37.8 Å². The lowest BCUT2D eigenvalue weighted by Gasteiger charge is -2.28. The highest BCUT2D eigenvalue weighted by Crippen LogP contribution is 2.28. The van der Waals surface area contributed by atoms with Gasteiger partial charge in [-0.25, -0.2) is 0 Å². The van der Waals surface area contributed by atoms with E-state index >= 15 is 0 Å². The van der Waals surface area contributed by atoms with Crippen molar-refractivity contribution in [3.63, 3.8) is 0 Å². The number of halogens is 1. The standard InChI is InChI=1S/C11H20N2OS.ClH/c1-13(8-5-6-15-7-8)11(14)9-3-2-4-10(9)12;/h8-10H,2-7,12H2,1H3;1H. The maximum atomic E-state index is 12.2. The Labute approximate surface area is 108 Å². The van der Waals surface area contributed by atoms with E-state index in [1.807, 2.05) is 23.7 Å². The quantitative estimate of drug-likeness (QED) is 0.822. The normalized spacial score (nSPS) is 33.5. The highest BCUT2D eigenvalue weighted by Gasteiger charge is 2.34. The SMILES string of the molecule is CN(C(=O)C1CCCC1N)C1CCSC1.Cl. The molecule has 94 valence electrons. The molecule has 0 aromatic rings. The third-order valence-corrected chi connectivity index (χ3v) is 4.83. The van der Waals surface area contributed by atoms with Crippen LogP contribution in [0.1, 0.15) is 25.7 Å². The lowest BCUT2D eigenvalue weighted by molar-refractivity contribution is -0.136. The Bertz CT molecular complexity index is 246. The number of carbonyl (C=O) groups is 1. The molecule has 2 N–H and O–H groups in total. The monoisotopic (exact) mass is 264 g/mol. The van der Waals surface area contributed by atoms with Crippen LogP contribution in [-0.4, -0.2) is 41.4 Å². The topological polar surface area (TPSA) is 46.3 Å². The van der Waals surface area contributed by atoms with Gasteiger partial charge in [0.25, 0.3) is 0 Å². The number of nitrogens with zero attached hydrogens (tertiary/aromatic N) is 1. The fourth-order valence-corrected chi connectivity index (χ4v) is 3.83. The minimum Gasteiger partial charge on any atom is -0.342 e. The maximum absolute atomic E-state index is 12.2. The molecule has 0 aromatic heterocycles. The molecule has 1 aliphatic heterocycles. The second-order valence-electron chi connectivity index (χ2n) is 4.67. The first-order chi connectivity index (χ1) is 7.20. The van der Waals surface area contributed by atoms with E-state index in [1.165, 1.54) is 5.75 Å². The highest BCUT2D eigenvalue weighted by atomic mass is 35.5. The van der Waals surface area contributed by atoms with Gasteiger partial charge >= 0.3 is 0 Å². The Morgan fingerprint density at radius 1 is 1.38 bits per heavy atom. The van der Waals surface area contributed by atoms with Crippen molar-refractivity contribution in [2.24, 2.45) is 11.7 Å². The lowest BCUT2D eigenvalue weighted by atomic mass is 10.0. The van der Waals surface area contributed by atoms with Crippen LogP contribution in [0.25, 0.3) is 0 Å². The van der Waals surface area contributed by atoms with Crippen LogP contribution in [0.5, 0.6) is 0 Å². The summed E-state index contributed by atoms with van der Waals surface area (Å²) < 4.78 is 0. The number of hydrogen-bond acceptors (Lipinski definition) is 3. The van der Waals surface area contributed by atoms with Gasteiger partial charge in [-0.15, -0.1) is 12.4 Å². The largest absolute Gasteiger partial charge is 0.342 e. The molecule has 1 amide bonds. The van der Waals surface area contributed by atoms with E-state index < -0.39 is 0 Å². The average Bonchev–Trinajstić information content (AvgIpc) is 2.85. The molecular weight excluding hydrogens is 244 g/mol. The summed E-state index contributed by atoms with van der Waals surface area (Å²) >= 11 is 1.95. The molecule has 1 aliphatic carbocycles. The molecule has 3 unspecified atom stereocenters. The van der Waals surface area contributed by atoms with Gasteiger partial charge in [0.15, 0.2) is 0 Å². The second-order valence-corrected chi connectivity index (χ2v) is 5.82. The van der Waals surface area contributed by atoms with E-state index in [9.17, 15) is 4.79 Å². The average molecular weight is 265 g/mol. The van der Waals surface area contributed by atoms with Crippen molar-refractivity contribution in [3.05, 3.63) is 0 Å². The number of nitrogens with two attached hydrogens (primary N) is 1. The Balaban J connectivity index is 0.00000128. The molecule has 0 spiro atoms. The Kier molecular flexibility index (Phi) is 5.41. The summed E-state index contributed by atoms with van der Waals surface area (Å²) in [7, 11) is 1.95. The van der Waals surface area contributed by atoms with Crippen LogP contribution in [0, 0.1) is 5.92 Å². The molecule has 5 heteroatoms. The van der Waals surface area contributed by atoms with Gasteiger partial charge in [-0.2, -0.15) is 11.8 Å². The van der Waals surface area contributed by atoms with Crippen molar-refractivity contribution >= 4 is 30.1 Å². The molecule has 0 bridgehead atoms. The first kappa shape index (κ1) is 14.1. The Morgan fingerprint density at radius 3 is 2.62 bits per heavy atom. The molecule has 0 aromatic carbocycles. The van der Waals surface area contributed by atoms with E-state index in [1.54, 1.807) is 0 Å². The van der Waals surface area contributed by atoms with Crippen LogP contribution >= 0.6 is 24.2 Å². The number of thioether (sulfide) groups is 1. The van der Waals surface area contributed by atoms with Crippen molar-refractivity contribution in [1.29, 1.82) is 0 Å². The molecule has 0 radical (unpaired) electrons. The zero-order valence-corrected chi connectivity index (χ0v) is 11.4. The predicted octanol–water partition coefficient (Wildman–Crippen LogP) is 1.50. The summed E-state index contributed by atoms with van der Waals surface area (Å²) in [5.41, 5.74) is 5.96. The van der Waals surface area contributed by atoms with E-state index in [0.29, 0.717) is 6.04 Å². The summed E-state index contributed by atoms with van der Waals surface area (Å²) in [5.74, 6) is 2.68. The van der Waals surface area contributed by atoms with Crippen molar-refractivity contribution in [2.75, 3.05) is 18.6 Å². The zero-order valence-electron chi connectivity index (χ0n) is 9.72. The fourth-order valence-electron chi connectivity index (χ4n) is 2.56. The predicted molar refractivity (Wildman–Crippen MR) is 71.1 cm³/mol. The van der Waals surface area contributed by atoms with Gasteiger partial charge in [0.05, 0.1) is 5.92 Å². The Morgan fingerprint density at radius 2 is 2.12 bits per heavy atom. The number of carbonyl (C=O) groups excluding carboxylic acids is 1. The summed E-state index contributed by atoms with van der Waals surface area (Å²) in [6, 6.07) is 0.560. The molecular formula is C11H21ClN2OS. The zero-order chi connectivity index (χ0) is 10.8. The molecule has 2 fully saturated rings. The van der Waals surface area contributed by atoms with Gasteiger partial charge in [0.1, 0.15) is 0 Å². The first-order valence-electron chi connectivity index (χ1n) is 5.80. The molecule has 1 saturated carbocycles. The van der Waals surface area contributed by atoms with Crippen LogP contribution in [0.15, 0.2) is 0 Å². The van der Waals surface area contributed by atoms with Crippen LogP contribution in [0.3, 0.4) is 0 Å². The third-order valence-electron chi connectivity index (χ3n) is 3.69. The van der Waals surface area contributed by atoms with Gasteiger partial charge in [-0.3, -0.25) is 4.79 Å². The van der Waals surface area contributed by atoms with E-state index in [4.69, 9.17) is 5.73 Å². The van der Waals surface area contributed by atoms with Gasteiger partial charge in [-0.1, -0.05) is 6.42 Å². The highest BCUT2D eigenvalue weighted by molar-refractivity contribution is 7.99. The first-order valence-corrected chi connectivity index (χ1v) is 6.95. The summed E-state index contributed by atoms with van der Waals surface area (Å²) in [6.45, 7) is 0. The smallest absolute Gasteiger partial charge is 0.227 e. The molecule has 2 rings (SSSR count). The lowest BCUT2D eigenvalue weighted by Crippen LogP contribution is -2.44. The van der Waals surface area contributed by atoms with E-state index in [0.717, 1.165) is 31.4 Å². The molecule has 3 atom stereocenters. The van der Waals surface area contributed by atoms with Gasteiger partial charge in [0.2, 0.25) is 5.91 Å². The number of hydrogen-bond donors (Lipinski definition) is 1. The second kappa shape index (κ2) is 6.12. The Hall–Kier alpha value is 0.0700. The third kappa shape index (κ3) is 2.84. The summed E-state index contributed by atoms with van der Waals surface area (Å²) in [4.78, 5) is 14.1. The van der Waals surface area contributed by atoms with Crippen LogP contribution in [-0.2, 0) is 4.79 Å². The molecule has 1 heterocycles. The molecule has 1 saturated heterocycles. The molecule has 16 heavy (non-hydrogen) atoms. The maximum Gasteiger partial charge on any atom is 0.227 e. The minimum atomic E-state index is 0. The number of rotatable bonds is 2. The van der Waals surface area contributed by atoms with E-state index in [-0.39, 0.29) is 30.3 Å². The van der Waals surface area contributed by atoms with Crippen molar-refractivity contribution < 1.29 is 4.79 Å².